The van der Waals surface area contributed by atoms with Crippen LogP contribution in [-0.4, -0.2) is 4.98 Å². The van der Waals surface area contributed by atoms with Gasteiger partial charge in [-0.25, -0.2) is 4.98 Å². The fraction of sp³-hybridized carbons (Fsp3) is 0.318. The summed E-state index contributed by atoms with van der Waals surface area (Å²) in [6.45, 7) is 4.44. The van der Waals surface area contributed by atoms with Crippen LogP contribution in [0.15, 0.2) is 42.5 Å². The molecule has 1 aliphatic rings. The summed E-state index contributed by atoms with van der Waals surface area (Å²) in [7, 11) is 0. The zero-order valence-corrected chi connectivity index (χ0v) is 14.0. The lowest BCUT2D eigenvalue weighted by atomic mass is 9.89. The number of hydrogen-bond donors (Lipinski definition) is 0. The lowest BCUT2D eigenvalue weighted by Crippen LogP contribution is -2.01. The number of hydrogen-bond acceptors (Lipinski definition) is 1. The first-order chi connectivity index (χ1) is 11.2. The molecule has 0 saturated carbocycles. The number of fused-ring (bicyclic) bond motifs is 6. The third-order valence-corrected chi connectivity index (χ3v) is 5.07. The molecule has 1 heterocycles. The summed E-state index contributed by atoms with van der Waals surface area (Å²) in [4.78, 5) is 5.00. The van der Waals surface area contributed by atoms with Gasteiger partial charge in [-0.2, -0.15) is 0 Å². The third kappa shape index (κ3) is 2.65. The van der Waals surface area contributed by atoms with Gasteiger partial charge in [-0.15, -0.1) is 0 Å². The van der Waals surface area contributed by atoms with Crippen LogP contribution >= 0.6 is 0 Å². The van der Waals surface area contributed by atoms with Crippen molar-refractivity contribution in [2.75, 3.05) is 0 Å². The van der Waals surface area contributed by atoms with E-state index in [9.17, 15) is 0 Å². The lowest BCUT2D eigenvalue weighted by Gasteiger charge is -2.18. The second-order valence-electron chi connectivity index (χ2n) is 6.85. The molecule has 1 nitrogen and oxygen atoms in total. The van der Waals surface area contributed by atoms with E-state index in [2.05, 4.69) is 56.3 Å². The van der Waals surface area contributed by atoms with Gasteiger partial charge >= 0.3 is 0 Å². The smallest absolute Gasteiger partial charge is 0.0715 e. The minimum atomic E-state index is 1.13. The number of nitrogens with zero attached hydrogens (tertiary/aromatic N) is 1. The Bertz CT molecular complexity index is 877. The third-order valence-electron chi connectivity index (χ3n) is 5.07. The van der Waals surface area contributed by atoms with Gasteiger partial charge in [0.15, 0.2) is 0 Å². The molecule has 0 amide bonds. The summed E-state index contributed by atoms with van der Waals surface area (Å²) in [5, 5.41) is 1.32. The van der Waals surface area contributed by atoms with Crippen LogP contribution in [0.1, 0.15) is 41.5 Å². The summed E-state index contributed by atoms with van der Waals surface area (Å²) in [5.74, 6) is 0. The normalized spacial score (nSPS) is 14.5. The zero-order valence-electron chi connectivity index (χ0n) is 14.0. The number of para-hydroxylation sites is 1. The molecule has 0 unspecified atom stereocenters. The minimum Gasteiger partial charge on any atom is -0.248 e. The minimum absolute atomic E-state index is 1.13. The molecule has 0 spiro atoms. The van der Waals surface area contributed by atoms with Crippen molar-refractivity contribution in [3.8, 4) is 11.3 Å². The van der Waals surface area contributed by atoms with Gasteiger partial charge in [0.2, 0.25) is 0 Å². The predicted molar refractivity (Wildman–Crippen MR) is 97.9 cm³/mol. The van der Waals surface area contributed by atoms with Crippen molar-refractivity contribution in [1.82, 2.24) is 4.98 Å². The molecule has 116 valence electrons. The summed E-state index contributed by atoms with van der Waals surface area (Å²) in [5.41, 5.74) is 9.32. The Kier molecular flexibility index (Phi) is 3.65. The van der Waals surface area contributed by atoms with E-state index < -0.39 is 0 Å². The number of benzene rings is 2. The van der Waals surface area contributed by atoms with Crippen LogP contribution < -0.4 is 0 Å². The molecule has 0 saturated heterocycles. The monoisotopic (exact) mass is 301 g/mol. The topological polar surface area (TPSA) is 12.9 Å². The molecule has 2 bridgehead atoms. The number of aromatic nitrogens is 1. The van der Waals surface area contributed by atoms with Gasteiger partial charge < -0.3 is 0 Å². The standard InChI is InChI=1S/C22H23N/c1-15-12-16(2)18-9-5-3-4-8-17-14-22(20(18)13-15)23-21-11-7-6-10-19(17)21/h6-7,10-14H,3-5,8-9H2,1-2H3. The second kappa shape index (κ2) is 5.81. The molecule has 23 heavy (non-hydrogen) atoms. The number of pyridine rings is 1. The highest BCUT2D eigenvalue weighted by Crippen LogP contribution is 2.32. The average Bonchev–Trinajstić information content (AvgIpc) is 2.55. The van der Waals surface area contributed by atoms with Gasteiger partial charge in [0.1, 0.15) is 0 Å². The van der Waals surface area contributed by atoms with Gasteiger partial charge in [0.05, 0.1) is 11.2 Å². The van der Waals surface area contributed by atoms with E-state index in [0.717, 1.165) is 17.6 Å². The van der Waals surface area contributed by atoms with Gasteiger partial charge in [0, 0.05) is 10.9 Å². The molecular weight excluding hydrogens is 278 g/mol. The van der Waals surface area contributed by atoms with Crippen LogP contribution in [0, 0.1) is 13.8 Å². The molecule has 0 atom stereocenters. The number of aryl methyl sites for hydroxylation is 3. The maximum atomic E-state index is 5.00. The van der Waals surface area contributed by atoms with E-state index in [1.54, 1.807) is 0 Å². The first kappa shape index (κ1) is 14.4. The predicted octanol–water partition coefficient (Wildman–Crippen LogP) is 5.79. The highest BCUT2D eigenvalue weighted by Gasteiger charge is 2.14. The first-order valence-corrected chi connectivity index (χ1v) is 8.71. The quantitative estimate of drug-likeness (QED) is 0.512. The van der Waals surface area contributed by atoms with Crippen LogP contribution in [0.25, 0.3) is 22.2 Å². The molecule has 1 heteroatoms. The Hall–Kier alpha value is -2.15. The van der Waals surface area contributed by atoms with Gasteiger partial charge in [-0.1, -0.05) is 36.2 Å². The van der Waals surface area contributed by atoms with Crippen LogP contribution in [0.4, 0.5) is 0 Å². The van der Waals surface area contributed by atoms with E-state index in [4.69, 9.17) is 4.98 Å². The number of rotatable bonds is 0. The van der Waals surface area contributed by atoms with E-state index in [0.29, 0.717) is 0 Å². The van der Waals surface area contributed by atoms with Crippen LogP contribution in [0.5, 0.6) is 0 Å². The van der Waals surface area contributed by atoms with Crippen LogP contribution in [-0.2, 0) is 12.8 Å². The molecular formula is C22H23N. The summed E-state index contributed by atoms with van der Waals surface area (Å²) < 4.78 is 0. The average molecular weight is 301 g/mol. The van der Waals surface area contributed by atoms with E-state index in [1.807, 2.05) is 0 Å². The summed E-state index contributed by atoms with van der Waals surface area (Å²) in [6.07, 6.45) is 6.19. The molecule has 3 aromatic rings. The fourth-order valence-corrected chi connectivity index (χ4v) is 3.94. The highest BCUT2D eigenvalue weighted by atomic mass is 14.7. The van der Waals surface area contributed by atoms with E-state index in [1.165, 1.54) is 58.9 Å². The van der Waals surface area contributed by atoms with E-state index >= 15 is 0 Å². The molecule has 2 aromatic carbocycles. The van der Waals surface area contributed by atoms with Crippen molar-refractivity contribution in [1.29, 1.82) is 0 Å². The Morgan fingerprint density at radius 3 is 2.61 bits per heavy atom. The van der Waals surface area contributed by atoms with Crippen molar-refractivity contribution >= 4 is 10.9 Å². The van der Waals surface area contributed by atoms with Crippen molar-refractivity contribution in [3.05, 3.63) is 64.7 Å². The van der Waals surface area contributed by atoms with Gasteiger partial charge in [-0.3, -0.25) is 0 Å². The van der Waals surface area contributed by atoms with E-state index in [-0.39, 0.29) is 0 Å². The zero-order chi connectivity index (χ0) is 15.8. The highest BCUT2D eigenvalue weighted by molar-refractivity contribution is 5.85. The molecule has 4 rings (SSSR count). The molecule has 1 aliphatic carbocycles. The SMILES string of the molecule is Cc1cc(C)c2c(c1)-c1cc(c3ccccc3n1)CCCCC2. The summed E-state index contributed by atoms with van der Waals surface area (Å²) >= 11 is 0. The molecule has 0 radical (unpaired) electrons. The molecule has 1 aromatic heterocycles. The van der Waals surface area contributed by atoms with Crippen LogP contribution in [0.2, 0.25) is 0 Å². The molecule has 0 fully saturated rings. The summed E-state index contributed by atoms with van der Waals surface area (Å²) in [6, 6.07) is 15.6. The first-order valence-electron chi connectivity index (χ1n) is 8.71. The second-order valence-corrected chi connectivity index (χ2v) is 6.85. The Balaban J connectivity index is 2.03. The van der Waals surface area contributed by atoms with Gasteiger partial charge in [0.25, 0.3) is 0 Å². The molecule has 0 aliphatic heterocycles. The maximum Gasteiger partial charge on any atom is 0.0715 e. The van der Waals surface area contributed by atoms with Gasteiger partial charge in [-0.05, 0) is 74.4 Å². The Morgan fingerprint density at radius 2 is 1.70 bits per heavy atom. The largest absolute Gasteiger partial charge is 0.248 e. The molecule has 0 N–H and O–H groups in total. The Morgan fingerprint density at radius 1 is 0.870 bits per heavy atom. The van der Waals surface area contributed by atoms with Crippen molar-refractivity contribution in [3.63, 3.8) is 0 Å². The fourth-order valence-electron chi connectivity index (χ4n) is 3.94. The Labute approximate surface area is 138 Å². The maximum absolute atomic E-state index is 5.00. The van der Waals surface area contributed by atoms with Crippen LogP contribution in [0.3, 0.4) is 0 Å². The van der Waals surface area contributed by atoms with Crippen molar-refractivity contribution in [2.45, 2.75) is 46.0 Å². The lowest BCUT2D eigenvalue weighted by molar-refractivity contribution is 0.677. The van der Waals surface area contributed by atoms with Crippen molar-refractivity contribution in [2.24, 2.45) is 0 Å². The van der Waals surface area contributed by atoms with Crippen molar-refractivity contribution < 1.29 is 0 Å².